The van der Waals surface area contributed by atoms with Crippen molar-refractivity contribution in [3.8, 4) is 0 Å². The van der Waals surface area contributed by atoms with E-state index in [0.29, 0.717) is 25.3 Å². The van der Waals surface area contributed by atoms with Crippen LogP contribution in [0.4, 0.5) is 0 Å². The number of amides is 2. The molecule has 0 spiro atoms. The number of carbonyl (C=O) groups is 2. The van der Waals surface area contributed by atoms with E-state index in [9.17, 15) is 9.59 Å². The van der Waals surface area contributed by atoms with E-state index in [-0.39, 0.29) is 23.7 Å². The Morgan fingerprint density at radius 2 is 1.61 bits per heavy atom. The standard InChI is InChI=1S/C30H32N4O2S2/c1-20-27(38-21(2)32-20)30(36)34-17-14-24(15-18-34)29-33-26(19-37-29)28(35)31-16-13-25(22-9-5-3-6-10-22)23-11-7-4-8-12-23/h3-12,19,24-25H,13-18H2,1-2H3,(H,31,35). The Kier molecular flexibility index (Phi) is 8.29. The molecule has 1 N–H and O–H groups in total. The summed E-state index contributed by atoms with van der Waals surface area (Å²) in [5.41, 5.74) is 3.79. The maximum atomic E-state index is 12.9. The molecular weight excluding hydrogens is 512 g/mol. The molecule has 1 fully saturated rings. The van der Waals surface area contributed by atoms with E-state index in [0.717, 1.165) is 39.8 Å². The molecule has 38 heavy (non-hydrogen) atoms. The normalized spacial score (nSPS) is 14.1. The Balaban J connectivity index is 1.15. The zero-order valence-corrected chi connectivity index (χ0v) is 23.4. The van der Waals surface area contributed by atoms with Crippen LogP contribution in [-0.4, -0.2) is 46.3 Å². The highest BCUT2D eigenvalue weighted by Crippen LogP contribution is 2.32. The molecule has 0 unspecified atom stereocenters. The minimum atomic E-state index is -0.129. The van der Waals surface area contributed by atoms with Gasteiger partial charge in [-0.2, -0.15) is 0 Å². The molecule has 0 saturated carbocycles. The van der Waals surface area contributed by atoms with Crippen LogP contribution < -0.4 is 5.32 Å². The first kappa shape index (κ1) is 26.3. The lowest BCUT2D eigenvalue weighted by molar-refractivity contribution is 0.0717. The number of piperidine rings is 1. The molecule has 1 saturated heterocycles. The van der Waals surface area contributed by atoms with Crippen molar-refractivity contribution < 1.29 is 9.59 Å². The van der Waals surface area contributed by atoms with E-state index in [1.807, 2.05) is 36.3 Å². The molecule has 3 heterocycles. The largest absolute Gasteiger partial charge is 0.351 e. The van der Waals surface area contributed by atoms with Crippen molar-refractivity contribution in [2.45, 2.75) is 44.9 Å². The Labute approximate surface area is 231 Å². The fraction of sp³-hybridized carbons (Fsp3) is 0.333. The number of aromatic nitrogens is 2. The summed E-state index contributed by atoms with van der Waals surface area (Å²) in [6, 6.07) is 20.9. The topological polar surface area (TPSA) is 75.2 Å². The Bertz CT molecular complexity index is 1340. The van der Waals surface area contributed by atoms with Gasteiger partial charge in [0.1, 0.15) is 10.6 Å². The van der Waals surface area contributed by atoms with E-state index in [1.54, 1.807) is 11.3 Å². The zero-order valence-electron chi connectivity index (χ0n) is 21.7. The van der Waals surface area contributed by atoms with Gasteiger partial charge in [-0.15, -0.1) is 22.7 Å². The third kappa shape index (κ3) is 6.03. The molecule has 0 bridgehead atoms. The highest BCUT2D eigenvalue weighted by Gasteiger charge is 2.28. The van der Waals surface area contributed by atoms with Crippen LogP contribution in [-0.2, 0) is 0 Å². The van der Waals surface area contributed by atoms with Gasteiger partial charge in [0.15, 0.2) is 0 Å². The number of hydrogen-bond donors (Lipinski definition) is 1. The molecule has 1 aliphatic heterocycles. The average Bonchev–Trinajstić information content (AvgIpc) is 3.58. The molecular formula is C30H32N4O2S2. The van der Waals surface area contributed by atoms with Crippen LogP contribution in [0.15, 0.2) is 66.0 Å². The van der Waals surface area contributed by atoms with Gasteiger partial charge in [0, 0.05) is 36.9 Å². The van der Waals surface area contributed by atoms with Crippen molar-refractivity contribution in [2.24, 2.45) is 0 Å². The molecule has 6 nitrogen and oxygen atoms in total. The molecule has 0 radical (unpaired) electrons. The first-order chi connectivity index (χ1) is 18.5. The van der Waals surface area contributed by atoms with Crippen molar-refractivity contribution in [3.05, 3.63) is 103 Å². The van der Waals surface area contributed by atoms with Gasteiger partial charge in [0.2, 0.25) is 0 Å². The number of nitrogens with one attached hydrogen (secondary N) is 1. The smallest absolute Gasteiger partial charge is 0.270 e. The monoisotopic (exact) mass is 544 g/mol. The molecule has 8 heteroatoms. The van der Waals surface area contributed by atoms with Crippen LogP contribution in [0.2, 0.25) is 0 Å². The van der Waals surface area contributed by atoms with E-state index in [4.69, 9.17) is 0 Å². The quantitative estimate of drug-likeness (QED) is 0.287. The second kappa shape index (κ2) is 12.0. The summed E-state index contributed by atoms with van der Waals surface area (Å²) in [4.78, 5) is 37.6. The van der Waals surface area contributed by atoms with E-state index >= 15 is 0 Å². The highest BCUT2D eigenvalue weighted by molar-refractivity contribution is 7.13. The van der Waals surface area contributed by atoms with Crippen molar-refractivity contribution in [3.63, 3.8) is 0 Å². The number of likely N-dealkylation sites (tertiary alicyclic amines) is 1. The summed E-state index contributed by atoms with van der Waals surface area (Å²) in [5, 5.41) is 6.84. The molecule has 0 atom stereocenters. The van der Waals surface area contributed by atoms with Crippen LogP contribution in [0.25, 0.3) is 0 Å². The molecule has 2 amide bonds. The van der Waals surface area contributed by atoms with Crippen LogP contribution in [0.5, 0.6) is 0 Å². The number of rotatable bonds is 8. The number of aryl methyl sites for hydroxylation is 2. The third-order valence-electron chi connectivity index (χ3n) is 7.11. The predicted molar refractivity (Wildman–Crippen MR) is 153 cm³/mol. The van der Waals surface area contributed by atoms with Crippen molar-refractivity contribution >= 4 is 34.5 Å². The summed E-state index contributed by atoms with van der Waals surface area (Å²) in [6.07, 6.45) is 2.52. The molecule has 196 valence electrons. The second-order valence-corrected chi connectivity index (χ2v) is 11.8. The summed E-state index contributed by atoms with van der Waals surface area (Å²) < 4.78 is 0. The van der Waals surface area contributed by atoms with Gasteiger partial charge < -0.3 is 10.2 Å². The summed E-state index contributed by atoms with van der Waals surface area (Å²) in [7, 11) is 0. The lowest BCUT2D eigenvalue weighted by atomic mass is 9.88. The molecule has 5 rings (SSSR count). The lowest BCUT2D eigenvalue weighted by Crippen LogP contribution is -2.37. The molecule has 4 aromatic rings. The van der Waals surface area contributed by atoms with Gasteiger partial charge in [-0.1, -0.05) is 60.7 Å². The lowest BCUT2D eigenvalue weighted by Gasteiger charge is -2.30. The zero-order chi connectivity index (χ0) is 26.5. The Morgan fingerprint density at radius 3 is 2.18 bits per heavy atom. The number of carbonyl (C=O) groups excluding carboxylic acids is 2. The van der Waals surface area contributed by atoms with Crippen LogP contribution >= 0.6 is 22.7 Å². The maximum Gasteiger partial charge on any atom is 0.270 e. The highest BCUT2D eigenvalue weighted by atomic mass is 32.1. The van der Waals surface area contributed by atoms with E-state index < -0.39 is 0 Å². The maximum absolute atomic E-state index is 12.9. The molecule has 2 aromatic carbocycles. The van der Waals surface area contributed by atoms with Gasteiger partial charge in [0.25, 0.3) is 11.8 Å². The first-order valence-electron chi connectivity index (χ1n) is 13.1. The second-order valence-electron chi connectivity index (χ2n) is 9.70. The Hall–Kier alpha value is -3.36. The minimum Gasteiger partial charge on any atom is -0.351 e. The van der Waals surface area contributed by atoms with E-state index in [1.165, 1.54) is 22.5 Å². The van der Waals surface area contributed by atoms with Crippen LogP contribution in [0, 0.1) is 13.8 Å². The third-order valence-corrected chi connectivity index (χ3v) is 9.17. The SMILES string of the molecule is Cc1nc(C)c(C(=O)N2CCC(c3nc(C(=O)NCCC(c4ccccc4)c4ccccc4)cs3)CC2)s1. The van der Waals surface area contributed by atoms with E-state index in [2.05, 4.69) is 63.8 Å². The minimum absolute atomic E-state index is 0.0788. The molecule has 0 aliphatic carbocycles. The first-order valence-corrected chi connectivity index (χ1v) is 14.8. The summed E-state index contributed by atoms with van der Waals surface area (Å²) in [5.74, 6) is 0.441. The van der Waals surface area contributed by atoms with Gasteiger partial charge >= 0.3 is 0 Å². The number of thiazole rings is 2. The van der Waals surface area contributed by atoms with Crippen LogP contribution in [0.1, 0.15) is 78.1 Å². The fourth-order valence-electron chi connectivity index (χ4n) is 5.10. The fourth-order valence-corrected chi connectivity index (χ4v) is 6.96. The van der Waals surface area contributed by atoms with Gasteiger partial charge in [0.05, 0.1) is 15.7 Å². The van der Waals surface area contributed by atoms with Crippen molar-refractivity contribution in [1.29, 1.82) is 0 Å². The van der Waals surface area contributed by atoms with Crippen molar-refractivity contribution in [2.75, 3.05) is 19.6 Å². The van der Waals surface area contributed by atoms with Gasteiger partial charge in [-0.3, -0.25) is 9.59 Å². The number of benzene rings is 2. The summed E-state index contributed by atoms with van der Waals surface area (Å²) >= 11 is 3.01. The molecule has 1 aliphatic rings. The average molecular weight is 545 g/mol. The van der Waals surface area contributed by atoms with Crippen LogP contribution in [0.3, 0.4) is 0 Å². The van der Waals surface area contributed by atoms with Gasteiger partial charge in [-0.05, 0) is 44.2 Å². The number of nitrogens with zero attached hydrogens (tertiary/aromatic N) is 3. The summed E-state index contributed by atoms with van der Waals surface area (Å²) in [6.45, 7) is 5.79. The Morgan fingerprint density at radius 1 is 0.974 bits per heavy atom. The predicted octanol–water partition coefficient (Wildman–Crippen LogP) is 6.19. The van der Waals surface area contributed by atoms with Gasteiger partial charge in [-0.25, -0.2) is 9.97 Å². The molecule has 2 aromatic heterocycles. The van der Waals surface area contributed by atoms with Crippen molar-refractivity contribution in [1.82, 2.24) is 20.2 Å². The number of hydrogen-bond acceptors (Lipinski definition) is 6.